The smallest absolute Gasteiger partial charge is 0.226 e. The second-order valence-corrected chi connectivity index (χ2v) is 4.89. The number of aryl methyl sites for hydroxylation is 1. The van der Waals surface area contributed by atoms with Crippen molar-refractivity contribution < 1.29 is 4.79 Å². The molecule has 0 bridgehead atoms. The van der Waals surface area contributed by atoms with Crippen molar-refractivity contribution in [1.82, 2.24) is 5.32 Å². The van der Waals surface area contributed by atoms with Gasteiger partial charge in [-0.15, -0.1) is 11.3 Å². The zero-order chi connectivity index (χ0) is 10.7. The Hall–Kier alpha value is -0.870. The quantitative estimate of drug-likeness (QED) is 0.826. The Balaban J connectivity index is 1.84. The third kappa shape index (κ3) is 2.79. The van der Waals surface area contributed by atoms with Crippen molar-refractivity contribution in [2.45, 2.75) is 32.2 Å². The van der Waals surface area contributed by atoms with Crippen LogP contribution >= 0.6 is 11.3 Å². The monoisotopic (exact) mass is 224 g/mol. The number of hydrogen-bond acceptors (Lipinski definition) is 3. The van der Waals surface area contributed by atoms with E-state index in [9.17, 15) is 4.79 Å². The molecular formula is C11H16N2OS. The highest BCUT2D eigenvalue weighted by molar-refractivity contribution is 7.14. The van der Waals surface area contributed by atoms with Crippen LogP contribution in [0.2, 0.25) is 0 Å². The summed E-state index contributed by atoms with van der Waals surface area (Å²) in [4.78, 5) is 11.7. The van der Waals surface area contributed by atoms with E-state index >= 15 is 0 Å². The van der Waals surface area contributed by atoms with Gasteiger partial charge in [0.05, 0.1) is 5.00 Å². The van der Waals surface area contributed by atoms with Gasteiger partial charge in [-0.3, -0.25) is 4.79 Å². The number of amides is 1. The first kappa shape index (κ1) is 10.6. The minimum absolute atomic E-state index is 0.125. The van der Waals surface area contributed by atoms with Crippen LogP contribution in [0.3, 0.4) is 0 Å². The lowest BCUT2D eigenvalue weighted by Gasteiger charge is -2.09. The molecule has 1 aliphatic heterocycles. The predicted octanol–water partition coefficient (Wildman–Crippen LogP) is 2.14. The second kappa shape index (κ2) is 4.77. The molecule has 1 saturated heterocycles. The normalized spacial score (nSPS) is 20.5. The van der Waals surface area contributed by atoms with Gasteiger partial charge in [0.2, 0.25) is 5.91 Å². The van der Waals surface area contributed by atoms with E-state index in [1.807, 2.05) is 18.4 Å². The van der Waals surface area contributed by atoms with Gasteiger partial charge in [-0.25, -0.2) is 0 Å². The van der Waals surface area contributed by atoms with Crippen molar-refractivity contribution in [3.63, 3.8) is 0 Å². The summed E-state index contributed by atoms with van der Waals surface area (Å²) < 4.78 is 0. The Labute approximate surface area is 93.9 Å². The Kier molecular flexibility index (Phi) is 3.38. The van der Waals surface area contributed by atoms with Crippen molar-refractivity contribution in [1.29, 1.82) is 0 Å². The van der Waals surface area contributed by atoms with Crippen molar-refractivity contribution in [3.05, 3.63) is 17.0 Å². The summed E-state index contributed by atoms with van der Waals surface area (Å²) in [6.45, 7) is 3.07. The van der Waals surface area contributed by atoms with Crippen LogP contribution < -0.4 is 10.6 Å². The molecule has 1 aromatic heterocycles. The minimum Gasteiger partial charge on any atom is -0.317 e. The van der Waals surface area contributed by atoms with Gasteiger partial charge in [0, 0.05) is 12.5 Å². The first-order valence-electron chi connectivity index (χ1n) is 5.33. The topological polar surface area (TPSA) is 41.1 Å². The first-order chi connectivity index (χ1) is 7.25. The SMILES string of the molecule is Cc1ccsc1NC(=O)CC1CCCN1. The van der Waals surface area contributed by atoms with Gasteiger partial charge in [0.25, 0.3) is 0 Å². The molecule has 0 radical (unpaired) electrons. The minimum atomic E-state index is 0.125. The van der Waals surface area contributed by atoms with E-state index in [2.05, 4.69) is 10.6 Å². The van der Waals surface area contributed by atoms with Crippen molar-refractivity contribution in [3.8, 4) is 0 Å². The molecule has 0 aromatic carbocycles. The maximum absolute atomic E-state index is 11.7. The average molecular weight is 224 g/mol. The number of thiophene rings is 1. The molecule has 1 amide bonds. The molecule has 0 saturated carbocycles. The lowest BCUT2D eigenvalue weighted by Crippen LogP contribution is -2.27. The zero-order valence-electron chi connectivity index (χ0n) is 8.88. The van der Waals surface area contributed by atoms with E-state index in [0.717, 1.165) is 23.5 Å². The molecule has 2 N–H and O–H groups in total. The Morgan fingerprint density at radius 1 is 1.73 bits per heavy atom. The number of hydrogen-bond donors (Lipinski definition) is 2. The van der Waals surface area contributed by atoms with Crippen LogP contribution in [0.1, 0.15) is 24.8 Å². The first-order valence-corrected chi connectivity index (χ1v) is 6.21. The van der Waals surface area contributed by atoms with Gasteiger partial charge < -0.3 is 10.6 Å². The molecule has 0 spiro atoms. The van der Waals surface area contributed by atoms with Crippen molar-refractivity contribution in [2.24, 2.45) is 0 Å². The molecule has 82 valence electrons. The van der Waals surface area contributed by atoms with E-state index in [1.165, 1.54) is 6.42 Å². The molecule has 15 heavy (non-hydrogen) atoms. The lowest BCUT2D eigenvalue weighted by atomic mass is 10.1. The van der Waals surface area contributed by atoms with E-state index < -0.39 is 0 Å². The van der Waals surface area contributed by atoms with Crippen molar-refractivity contribution in [2.75, 3.05) is 11.9 Å². The number of anilines is 1. The van der Waals surface area contributed by atoms with Crippen LogP contribution in [0.4, 0.5) is 5.00 Å². The average Bonchev–Trinajstić information content (AvgIpc) is 2.79. The Morgan fingerprint density at radius 2 is 2.60 bits per heavy atom. The second-order valence-electron chi connectivity index (χ2n) is 3.98. The summed E-state index contributed by atoms with van der Waals surface area (Å²) in [6, 6.07) is 2.40. The van der Waals surface area contributed by atoms with E-state index in [4.69, 9.17) is 0 Å². The van der Waals surface area contributed by atoms with E-state index in [0.29, 0.717) is 12.5 Å². The fourth-order valence-corrected chi connectivity index (χ4v) is 2.67. The maximum atomic E-state index is 11.7. The lowest BCUT2D eigenvalue weighted by molar-refractivity contribution is -0.116. The molecule has 1 unspecified atom stereocenters. The summed E-state index contributed by atoms with van der Waals surface area (Å²) in [7, 11) is 0. The van der Waals surface area contributed by atoms with Gasteiger partial charge >= 0.3 is 0 Å². The fourth-order valence-electron chi connectivity index (χ4n) is 1.83. The van der Waals surface area contributed by atoms with Gasteiger partial charge in [-0.1, -0.05) is 0 Å². The Bertz CT molecular complexity index is 342. The highest BCUT2D eigenvalue weighted by Crippen LogP contribution is 2.22. The van der Waals surface area contributed by atoms with Gasteiger partial charge in [-0.2, -0.15) is 0 Å². The van der Waals surface area contributed by atoms with Crippen molar-refractivity contribution >= 4 is 22.2 Å². The third-order valence-corrected chi connectivity index (χ3v) is 3.64. The maximum Gasteiger partial charge on any atom is 0.226 e. The number of carbonyl (C=O) groups is 1. The molecule has 1 fully saturated rings. The predicted molar refractivity (Wildman–Crippen MR) is 63.3 cm³/mol. The van der Waals surface area contributed by atoms with Crippen LogP contribution in [0.15, 0.2) is 11.4 Å². The zero-order valence-corrected chi connectivity index (χ0v) is 9.69. The van der Waals surface area contributed by atoms with Crippen LogP contribution in [0, 0.1) is 6.92 Å². The molecule has 2 rings (SSSR count). The molecule has 4 heteroatoms. The van der Waals surface area contributed by atoms with Gasteiger partial charge in [-0.05, 0) is 43.3 Å². The number of carbonyl (C=O) groups excluding carboxylic acids is 1. The number of rotatable bonds is 3. The molecule has 2 heterocycles. The molecular weight excluding hydrogens is 208 g/mol. The number of nitrogens with one attached hydrogen (secondary N) is 2. The standard InChI is InChI=1S/C11H16N2OS/c1-8-4-6-15-11(8)13-10(14)7-9-3-2-5-12-9/h4,6,9,12H,2-3,5,7H2,1H3,(H,13,14). The van der Waals surface area contributed by atoms with Crippen LogP contribution in [0.25, 0.3) is 0 Å². The summed E-state index contributed by atoms with van der Waals surface area (Å²) in [5.74, 6) is 0.125. The van der Waals surface area contributed by atoms with Gasteiger partial charge in [0.1, 0.15) is 0 Å². The summed E-state index contributed by atoms with van der Waals surface area (Å²) in [5, 5.41) is 9.26. The van der Waals surface area contributed by atoms with Gasteiger partial charge in [0.15, 0.2) is 0 Å². The molecule has 1 aliphatic rings. The molecule has 1 aromatic rings. The van der Waals surface area contributed by atoms with Crippen LogP contribution in [0.5, 0.6) is 0 Å². The molecule has 0 aliphatic carbocycles. The fraction of sp³-hybridized carbons (Fsp3) is 0.545. The molecule has 3 nitrogen and oxygen atoms in total. The highest BCUT2D eigenvalue weighted by atomic mass is 32.1. The summed E-state index contributed by atoms with van der Waals surface area (Å²) in [5.41, 5.74) is 1.15. The molecule has 1 atom stereocenters. The Morgan fingerprint density at radius 3 is 3.20 bits per heavy atom. The third-order valence-electron chi connectivity index (χ3n) is 2.71. The summed E-state index contributed by atoms with van der Waals surface area (Å²) in [6.07, 6.45) is 2.91. The summed E-state index contributed by atoms with van der Waals surface area (Å²) >= 11 is 1.58. The largest absolute Gasteiger partial charge is 0.317 e. The van der Waals surface area contributed by atoms with E-state index in [-0.39, 0.29) is 5.91 Å². The van der Waals surface area contributed by atoms with Crippen LogP contribution in [-0.2, 0) is 4.79 Å². The van der Waals surface area contributed by atoms with E-state index in [1.54, 1.807) is 11.3 Å². The highest BCUT2D eigenvalue weighted by Gasteiger charge is 2.17. The van der Waals surface area contributed by atoms with Crippen LogP contribution in [-0.4, -0.2) is 18.5 Å².